The molecule has 0 unspecified atom stereocenters. The molecule has 0 aliphatic rings. The van der Waals surface area contributed by atoms with Crippen LogP contribution >= 0.6 is 0 Å². The SMILES string of the molecule is CO[Si](O)(O)CCCc1ccc(F)cc1. The van der Waals surface area contributed by atoms with E-state index in [9.17, 15) is 14.0 Å². The number of hydrogen-bond acceptors (Lipinski definition) is 3. The van der Waals surface area contributed by atoms with Crippen molar-refractivity contribution in [1.29, 1.82) is 0 Å². The van der Waals surface area contributed by atoms with Crippen molar-refractivity contribution in [1.82, 2.24) is 0 Å². The lowest BCUT2D eigenvalue weighted by Crippen LogP contribution is -2.37. The van der Waals surface area contributed by atoms with Crippen LogP contribution in [0.2, 0.25) is 6.04 Å². The van der Waals surface area contributed by atoms with Crippen LogP contribution in [0.3, 0.4) is 0 Å². The largest absolute Gasteiger partial charge is 0.495 e. The fourth-order valence-corrected chi connectivity index (χ4v) is 2.12. The minimum Gasteiger partial charge on any atom is -0.390 e. The van der Waals surface area contributed by atoms with Gasteiger partial charge in [0.25, 0.3) is 0 Å². The molecule has 5 heteroatoms. The van der Waals surface area contributed by atoms with Gasteiger partial charge < -0.3 is 14.0 Å². The third kappa shape index (κ3) is 4.52. The summed E-state index contributed by atoms with van der Waals surface area (Å²) in [4.78, 5) is 18.5. The van der Waals surface area contributed by atoms with Gasteiger partial charge in [0.2, 0.25) is 0 Å². The average molecular weight is 230 g/mol. The Hall–Kier alpha value is -0.753. The van der Waals surface area contributed by atoms with Crippen molar-refractivity contribution < 1.29 is 18.4 Å². The Kier molecular flexibility index (Phi) is 4.40. The molecule has 0 aliphatic heterocycles. The zero-order chi connectivity index (χ0) is 11.3. The maximum Gasteiger partial charge on any atom is 0.495 e. The molecule has 0 aliphatic carbocycles. The Bertz CT molecular complexity index is 300. The fourth-order valence-electron chi connectivity index (χ4n) is 1.28. The van der Waals surface area contributed by atoms with Gasteiger partial charge in [-0.05, 0) is 30.5 Å². The zero-order valence-corrected chi connectivity index (χ0v) is 9.61. The number of benzene rings is 1. The van der Waals surface area contributed by atoms with Gasteiger partial charge in [-0.25, -0.2) is 4.39 Å². The minimum absolute atomic E-state index is 0.260. The highest BCUT2D eigenvalue weighted by Gasteiger charge is 2.29. The van der Waals surface area contributed by atoms with Gasteiger partial charge in [-0.3, -0.25) is 0 Å². The first-order valence-electron chi connectivity index (χ1n) is 4.78. The highest BCUT2D eigenvalue weighted by molar-refractivity contribution is 6.57. The van der Waals surface area contributed by atoms with E-state index in [2.05, 4.69) is 4.43 Å². The van der Waals surface area contributed by atoms with Gasteiger partial charge in [-0.15, -0.1) is 0 Å². The monoisotopic (exact) mass is 230 g/mol. The van der Waals surface area contributed by atoms with Crippen molar-refractivity contribution >= 4 is 8.80 Å². The van der Waals surface area contributed by atoms with Crippen molar-refractivity contribution in [2.45, 2.75) is 18.9 Å². The maximum absolute atomic E-state index is 12.6. The second kappa shape index (κ2) is 5.36. The number of aryl methyl sites for hydroxylation is 1. The Balaban J connectivity index is 2.35. The highest BCUT2D eigenvalue weighted by atomic mass is 28.4. The topological polar surface area (TPSA) is 49.7 Å². The molecule has 0 atom stereocenters. The van der Waals surface area contributed by atoms with Crippen LogP contribution in [0.25, 0.3) is 0 Å². The molecule has 0 heterocycles. The standard InChI is InChI=1S/C10H15FO3Si/c1-14-15(12,13)8-2-3-9-4-6-10(11)7-5-9/h4-7,12-13H,2-3,8H2,1H3. The van der Waals surface area contributed by atoms with E-state index in [-0.39, 0.29) is 11.9 Å². The van der Waals surface area contributed by atoms with E-state index in [4.69, 9.17) is 0 Å². The molecular weight excluding hydrogens is 215 g/mol. The van der Waals surface area contributed by atoms with Gasteiger partial charge in [0.1, 0.15) is 5.82 Å². The molecule has 0 bridgehead atoms. The lowest BCUT2D eigenvalue weighted by atomic mass is 10.1. The second-order valence-corrected chi connectivity index (χ2v) is 5.82. The molecular formula is C10H15FO3Si. The summed E-state index contributed by atoms with van der Waals surface area (Å²) in [5.41, 5.74) is 0.984. The number of halogens is 1. The van der Waals surface area contributed by atoms with E-state index in [1.54, 1.807) is 12.1 Å². The molecule has 0 aromatic heterocycles. The normalized spacial score (nSPS) is 11.7. The lowest BCUT2D eigenvalue weighted by Gasteiger charge is -2.13. The maximum atomic E-state index is 12.6. The minimum atomic E-state index is -3.42. The quantitative estimate of drug-likeness (QED) is 0.750. The predicted molar refractivity (Wildman–Crippen MR) is 56.7 cm³/mol. The Morgan fingerprint density at radius 1 is 1.27 bits per heavy atom. The van der Waals surface area contributed by atoms with Crippen molar-refractivity contribution in [3.05, 3.63) is 35.6 Å². The van der Waals surface area contributed by atoms with Crippen molar-refractivity contribution in [3.63, 3.8) is 0 Å². The van der Waals surface area contributed by atoms with E-state index < -0.39 is 8.80 Å². The molecule has 3 nitrogen and oxygen atoms in total. The van der Waals surface area contributed by atoms with Crippen LogP contribution in [0.5, 0.6) is 0 Å². The molecule has 0 saturated heterocycles. The zero-order valence-electron chi connectivity index (χ0n) is 8.61. The average Bonchev–Trinajstić information content (AvgIpc) is 2.21. The summed E-state index contributed by atoms with van der Waals surface area (Å²) in [5.74, 6) is -0.260. The summed E-state index contributed by atoms with van der Waals surface area (Å²) < 4.78 is 17.1. The van der Waals surface area contributed by atoms with Gasteiger partial charge in [0.05, 0.1) is 0 Å². The molecule has 0 spiro atoms. The van der Waals surface area contributed by atoms with Crippen LogP contribution in [0.4, 0.5) is 4.39 Å². The molecule has 1 aromatic rings. The summed E-state index contributed by atoms with van der Waals surface area (Å²) in [6.45, 7) is 0. The van der Waals surface area contributed by atoms with Crippen LogP contribution in [0, 0.1) is 5.82 Å². The summed E-state index contributed by atoms with van der Waals surface area (Å²) in [5, 5.41) is 0. The van der Waals surface area contributed by atoms with Crippen LogP contribution < -0.4 is 0 Å². The predicted octanol–water partition coefficient (Wildman–Crippen LogP) is 1.33. The molecule has 0 fully saturated rings. The van der Waals surface area contributed by atoms with Crippen LogP contribution in [-0.2, 0) is 10.8 Å². The van der Waals surface area contributed by atoms with Crippen molar-refractivity contribution in [2.24, 2.45) is 0 Å². The lowest BCUT2D eigenvalue weighted by molar-refractivity contribution is 0.184. The van der Waals surface area contributed by atoms with Crippen LogP contribution in [0.1, 0.15) is 12.0 Å². The molecule has 15 heavy (non-hydrogen) atoms. The third-order valence-corrected chi connectivity index (χ3v) is 3.87. The number of hydrogen-bond donors (Lipinski definition) is 2. The Morgan fingerprint density at radius 2 is 1.87 bits per heavy atom. The van der Waals surface area contributed by atoms with Crippen molar-refractivity contribution in [2.75, 3.05) is 7.11 Å². The third-order valence-electron chi connectivity index (χ3n) is 2.21. The molecule has 84 valence electrons. The fraction of sp³-hybridized carbons (Fsp3) is 0.400. The molecule has 0 radical (unpaired) electrons. The number of rotatable bonds is 5. The van der Waals surface area contributed by atoms with Gasteiger partial charge in [-0.2, -0.15) is 0 Å². The van der Waals surface area contributed by atoms with E-state index in [0.29, 0.717) is 12.8 Å². The van der Waals surface area contributed by atoms with Gasteiger partial charge >= 0.3 is 8.80 Å². The van der Waals surface area contributed by atoms with E-state index in [1.807, 2.05) is 0 Å². The molecule has 0 saturated carbocycles. The van der Waals surface area contributed by atoms with Gasteiger partial charge in [-0.1, -0.05) is 12.1 Å². The van der Waals surface area contributed by atoms with Crippen LogP contribution in [0.15, 0.2) is 24.3 Å². The second-order valence-electron chi connectivity index (χ2n) is 3.43. The van der Waals surface area contributed by atoms with Crippen molar-refractivity contribution in [3.8, 4) is 0 Å². The van der Waals surface area contributed by atoms with E-state index in [0.717, 1.165) is 5.56 Å². The Morgan fingerprint density at radius 3 is 2.40 bits per heavy atom. The first kappa shape index (κ1) is 12.3. The summed E-state index contributed by atoms with van der Waals surface area (Å²) >= 11 is 0. The smallest absolute Gasteiger partial charge is 0.390 e. The first-order valence-corrected chi connectivity index (χ1v) is 6.79. The Labute approximate surface area is 89.5 Å². The highest BCUT2D eigenvalue weighted by Crippen LogP contribution is 2.11. The van der Waals surface area contributed by atoms with Crippen LogP contribution in [-0.4, -0.2) is 25.5 Å². The van der Waals surface area contributed by atoms with Gasteiger partial charge in [0.15, 0.2) is 0 Å². The molecule has 1 rings (SSSR count). The van der Waals surface area contributed by atoms with E-state index >= 15 is 0 Å². The summed E-state index contributed by atoms with van der Waals surface area (Å²) in [7, 11) is -2.12. The molecule has 2 N–H and O–H groups in total. The summed E-state index contributed by atoms with van der Waals surface area (Å²) in [6, 6.07) is 6.45. The molecule has 1 aromatic carbocycles. The molecule has 0 amide bonds. The summed E-state index contributed by atoms with van der Waals surface area (Å²) in [6.07, 6.45) is 1.32. The van der Waals surface area contributed by atoms with Gasteiger partial charge in [0, 0.05) is 13.2 Å². The first-order chi connectivity index (χ1) is 7.03. The van der Waals surface area contributed by atoms with E-state index in [1.165, 1.54) is 19.2 Å².